The van der Waals surface area contributed by atoms with Gasteiger partial charge in [0.1, 0.15) is 5.82 Å². The predicted octanol–water partition coefficient (Wildman–Crippen LogP) is 4.24. The molecule has 17 heavy (non-hydrogen) atoms. The Morgan fingerprint density at radius 2 is 2.18 bits per heavy atom. The van der Waals surface area contributed by atoms with Gasteiger partial charge in [0.15, 0.2) is 0 Å². The molecule has 0 aliphatic rings. The first-order valence-corrected chi connectivity index (χ1v) is 6.61. The van der Waals surface area contributed by atoms with Gasteiger partial charge in [-0.15, -0.1) is 0 Å². The predicted molar refractivity (Wildman–Crippen MR) is 75.5 cm³/mol. The van der Waals surface area contributed by atoms with Gasteiger partial charge in [-0.25, -0.2) is 4.39 Å². The van der Waals surface area contributed by atoms with E-state index in [9.17, 15) is 4.39 Å². The van der Waals surface area contributed by atoms with Gasteiger partial charge in [0.05, 0.1) is 0 Å². The summed E-state index contributed by atoms with van der Waals surface area (Å²) in [6, 6.07) is 4.98. The van der Waals surface area contributed by atoms with Crippen LogP contribution in [0.15, 0.2) is 28.2 Å². The molecular weight excluding hydrogens is 281 g/mol. The van der Waals surface area contributed by atoms with E-state index in [0.717, 1.165) is 23.1 Å². The molecule has 0 amide bonds. The molecule has 1 aromatic carbocycles. The number of hydrogen-bond acceptors (Lipinski definition) is 1. The number of rotatable bonds is 5. The molecule has 0 aliphatic carbocycles. The lowest BCUT2D eigenvalue weighted by Crippen LogP contribution is -2.21. The molecule has 94 valence electrons. The number of halogens is 2. The van der Waals surface area contributed by atoms with Gasteiger partial charge >= 0.3 is 0 Å². The SMILES string of the molecule is CC(=Cc1cc(Br)ccc1F)CNCC(C)C. The van der Waals surface area contributed by atoms with E-state index in [2.05, 4.69) is 35.1 Å². The van der Waals surface area contributed by atoms with Crippen LogP contribution in [-0.2, 0) is 0 Å². The first kappa shape index (κ1) is 14.4. The third kappa shape index (κ3) is 5.46. The van der Waals surface area contributed by atoms with E-state index in [0.29, 0.717) is 11.5 Å². The van der Waals surface area contributed by atoms with E-state index in [1.165, 1.54) is 6.07 Å². The van der Waals surface area contributed by atoms with Crippen LogP contribution in [0.4, 0.5) is 4.39 Å². The van der Waals surface area contributed by atoms with E-state index in [4.69, 9.17) is 0 Å². The molecule has 0 saturated heterocycles. The molecule has 0 aliphatic heterocycles. The highest BCUT2D eigenvalue weighted by Gasteiger charge is 2.01. The number of benzene rings is 1. The Bertz CT molecular complexity index is 399. The van der Waals surface area contributed by atoms with Crippen molar-refractivity contribution in [3.05, 3.63) is 39.6 Å². The molecule has 1 N–H and O–H groups in total. The minimum Gasteiger partial charge on any atom is -0.313 e. The maximum absolute atomic E-state index is 13.5. The average Bonchev–Trinajstić information content (AvgIpc) is 2.23. The monoisotopic (exact) mass is 299 g/mol. The fourth-order valence-electron chi connectivity index (χ4n) is 1.50. The third-order valence-electron chi connectivity index (χ3n) is 2.32. The van der Waals surface area contributed by atoms with Crippen LogP contribution in [0.25, 0.3) is 6.08 Å². The standard InChI is InChI=1S/C14H19BrFN/c1-10(2)8-17-9-11(3)6-12-7-13(15)4-5-14(12)16/h4-7,10,17H,8-9H2,1-3H3. The van der Waals surface area contributed by atoms with Crippen molar-refractivity contribution < 1.29 is 4.39 Å². The summed E-state index contributed by atoms with van der Waals surface area (Å²) < 4.78 is 14.4. The van der Waals surface area contributed by atoms with Crippen LogP contribution in [0.3, 0.4) is 0 Å². The van der Waals surface area contributed by atoms with Crippen LogP contribution in [0.2, 0.25) is 0 Å². The molecule has 0 fully saturated rings. The van der Waals surface area contributed by atoms with Crippen LogP contribution in [0.1, 0.15) is 26.3 Å². The van der Waals surface area contributed by atoms with E-state index in [1.54, 1.807) is 12.1 Å². The van der Waals surface area contributed by atoms with Crippen molar-refractivity contribution in [2.45, 2.75) is 20.8 Å². The van der Waals surface area contributed by atoms with Crippen LogP contribution < -0.4 is 5.32 Å². The zero-order valence-corrected chi connectivity index (χ0v) is 12.1. The first-order valence-electron chi connectivity index (χ1n) is 5.82. The van der Waals surface area contributed by atoms with Gasteiger partial charge in [0.25, 0.3) is 0 Å². The second-order valence-electron chi connectivity index (χ2n) is 4.68. The Labute approximate surface area is 111 Å². The molecule has 0 radical (unpaired) electrons. The Balaban J connectivity index is 2.63. The van der Waals surface area contributed by atoms with E-state index in [-0.39, 0.29) is 5.82 Å². The number of hydrogen-bond donors (Lipinski definition) is 1. The zero-order chi connectivity index (χ0) is 12.8. The highest BCUT2D eigenvalue weighted by Crippen LogP contribution is 2.17. The molecule has 0 unspecified atom stereocenters. The lowest BCUT2D eigenvalue weighted by molar-refractivity contribution is 0.572. The van der Waals surface area contributed by atoms with Crippen molar-refractivity contribution in [2.75, 3.05) is 13.1 Å². The lowest BCUT2D eigenvalue weighted by Gasteiger charge is -2.08. The summed E-state index contributed by atoms with van der Waals surface area (Å²) in [5.41, 5.74) is 1.76. The summed E-state index contributed by atoms with van der Waals surface area (Å²) in [5.74, 6) is 0.446. The van der Waals surface area contributed by atoms with Crippen molar-refractivity contribution >= 4 is 22.0 Å². The fraction of sp³-hybridized carbons (Fsp3) is 0.429. The Morgan fingerprint density at radius 1 is 1.47 bits per heavy atom. The summed E-state index contributed by atoms with van der Waals surface area (Å²) in [5, 5.41) is 3.34. The second kappa shape index (κ2) is 6.92. The number of nitrogens with one attached hydrogen (secondary N) is 1. The smallest absolute Gasteiger partial charge is 0.130 e. The fourth-order valence-corrected chi connectivity index (χ4v) is 1.88. The van der Waals surface area contributed by atoms with Crippen LogP contribution in [-0.4, -0.2) is 13.1 Å². The van der Waals surface area contributed by atoms with Gasteiger partial charge in [-0.05, 0) is 37.6 Å². The molecule has 0 aromatic heterocycles. The van der Waals surface area contributed by atoms with Gasteiger partial charge in [-0.1, -0.05) is 41.4 Å². The molecule has 1 aromatic rings. The minimum atomic E-state index is -0.184. The zero-order valence-electron chi connectivity index (χ0n) is 10.6. The normalized spacial score (nSPS) is 12.2. The summed E-state index contributed by atoms with van der Waals surface area (Å²) in [7, 11) is 0. The summed E-state index contributed by atoms with van der Waals surface area (Å²) in [6.45, 7) is 8.12. The van der Waals surface area contributed by atoms with Crippen molar-refractivity contribution in [3.8, 4) is 0 Å². The lowest BCUT2D eigenvalue weighted by atomic mass is 10.1. The molecule has 3 heteroatoms. The molecule has 0 bridgehead atoms. The Kier molecular flexibility index (Phi) is 5.86. The van der Waals surface area contributed by atoms with Gasteiger partial charge < -0.3 is 5.32 Å². The molecule has 0 atom stereocenters. The summed E-state index contributed by atoms with van der Waals surface area (Å²) in [4.78, 5) is 0. The highest BCUT2D eigenvalue weighted by molar-refractivity contribution is 9.10. The third-order valence-corrected chi connectivity index (χ3v) is 2.81. The minimum absolute atomic E-state index is 0.184. The van der Waals surface area contributed by atoms with Gasteiger partial charge in [0, 0.05) is 16.6 Å². The van der Waals surface area contributed by atoms with E-state index in [1.807, 2.05) is 13.0 Å². The Morgan fingerprint density at radius 3 is 2.82 bits per heavy atom. The molecular formula is C14H19BrFN. The second-order valence-corrected chi connectivity index (χ2v) is 5.60. The first-order chi connectivity index (χ1) is 7.99. The van der Waals surface area contributed by atoms with Crippen LogP contribution in [0.5, 0.6) is 0 Å². The van der Waals surface area contributed by atoms with Gasteiger partial charge in [-0.3, -0.25) is 0 Å². The van der Waals surface area contributed by atoms with Crippen LogP contribution in [0, 0.1) is 11.7 Å². The Hall–Kier alpha value is -0.670. The van der Waals surface area contributed by atoms with Crippen molar-refractivity contribution in [1.29, 1.82) is 0 Å². The van der Waals surface area contributed by atoms with Crippen molar-refractivity contribution in [2.24, 2.45) is 5.92 Å². The molecule has 0 heterocycles. The topological polar surface area (TPSA) is 12.0 Å². The summed E-state index contributed by atoms with van der Waals surface area (Å²) >= 11 is 3.35. The quantitative estimate of drug-likeness (QED) is 0.857. The van der Waals surface area contributed by atoms with Gasteiger partial charge in [0.2, 0.25) is 0 Å². The maximum Gasteiger partial charge on any atom is 0.130 e. The van der Waals surface area contributed by atoms with Crippen molar-refractivity contribution in [1.82, 2.24) is 5.32 Å². The van der Waals surface area contributed by atoms with Crippen molar-refractivity contribution in [3.63, 3.8) is 0 Å². The highest BCUT2D eigenvalue weighted by atomic mass is 79.9. The molecule has 1 nitrogen and oxygen atoms in total. The van der Waals surface area contributed by atoms with Gasteiger partial charge in [-0.2, -0.15) is 0 Å². The summed E-state index contributed by atoms with van der Waals surface area (Å²) in [6.07, 6.45) is 1.88. The molecule has 0 spiro atoms. The molecule has 0 saturated carbocycles. The maximum atomic E-state index is 13.5. The largest absolute Gasteiger partial charge is 0.313 e. The van der Waals surface area contributed by atoms with Crippen LogP contribution >= 0.6 is 15.9 Å². The van der Waals surface area contributed by atoms with E-state index >= 15 is 0 Å². The molecule has 1 rings (SSSR count). The van der Waals surface area contributed by atoms with E-state index < -0.39 is 0 Å². The average molecular weight is 300 g/mol.